The summed E-state index contributed by atoms with van der Waals surface area (Å²) in [5, 5.41) is 13.1. The van der Waals surface area contributed by atoms with Crippen LogP contribution in [0, 0.1) is 24.1 Å². The maximum atomic E-state index is 14.3. The van der Waals surface area contributed by atoms with Gasteiger partial charge in [0.1, 0.15) is 16.4 Å². The fourth-order valence-electron chi connectivity index (χ4n) is 2.76. The second kappa shape index (κ2) is 6.93. The van der Waals surface area contributed by atoms with Crippen LogP contribution in [0.15, 0.2) is 45.8 Å². The minimum Gasteiger partial charge on any atom is -0.357 e. The van der Waals surface area contributed by atoms with Gasteiger partial charge in [0.15, 0.2) is 22.3 Å². The van der Waals surface area contributed by atoms with E-state index in [0.717, 1.165) is 24.0 Å². The number of nitrogens with zero attached hydrogens (tertiary/aromatic N) is 2. The molecule has 0 bridgehead atoms. The molecule has 0 aliphatic carbocycles. The Morgan fingerprint density at radius 3 is 2.48 bits per heavy atom. The van der Waals surface area contributed by atoms with Crippen LogP contribution in [0.2, 0.25) is 0 Å². The second-order valence-corrected chi connectivity index (χ2v) is 8.01. The molecule has 3 rings (SSSR count). The molecule has 0 N–H and O–H groups in total. The van der Waals surface area contributed by atoms with Crippen molar-refractivity contribution in [2.24, 2.45) is 0 Å². The summed E-state index contributed by atoms with van der Waals surface area (Å²) >= 11 is 0. The van der Waals surface area contributed by atoms with Crippen LogP contribution in [0.25, 0.3) is 22.4 Å². The Morgan fingerprint density at radius 2 is 1.89 bits per heavy atom. The Morgan fingerprint density at radius 1 is 1.19 bits per heavy atom. The number of halogens is 2. The first-order valence-corrected chi connectivity index (χ1v) is 9.71. The molecule has 0 radical (unpaired) electrons. The number of rotatable bonds is 4. The first-order valence-electron chi connectivity index (χ1n) is 7.82. The minimum atomic E-state index is -3.73. The van der Waals surface area contributed by atoms with E-state index in [9.17, 15) is 22.5 Å². The molecule has 0 unspecified atom stereocenters. The van der Waals surface area contributed by atoms with Crippen LogP contribution in [0.3, 0.4) is 0 Å². The van der Waals surface area contributed by atoms with E-state index >= 15 is 0 Å². The van der Waals surface area contributed by atoms with E-state index in [2.05, 4.69) is 11.2 Å². The number of hydrogen-bond donors (Lipinski definition) is 0. The number of hydrogen-bond acceptors (Lipinski definition) is 5. The van der Waals surface area contributed by atoms with Gasteiger partial charge in [-0.05, 0) is 36.2 Å². The van der Waals surface area contributed by atoms with Crippen LogP contribution in [0.4, 0.5) is 8.78 Å². The van der Waals surface area contributed by atoms with Crippen molar-refractivity contribution < 1.29 is 21.7 Å². The van der Waals surface area contributed by atoms with E-state index in [1.807, 2.05) is 0 Å². The van der Waals surface area contributed by atoms with Gasteiger partial charge in [0.05, 0.1) is 17.2 Å². The monoisotopic (exact) mass is 388 g/mol. The molecule has 0 amide bonds. The molecule has 8 heteroatoms. The summed E-state index contributed by atoms with van der Waals surface area (Å²) < 4.78 is 56.0. The van der Waals surface area contributed by atoms with Crippen LogP contribution in [-0.4, -0.2) is 19.8 Å². The highest BCUT2D eigenvalue weighted by Gasteiger charge is 2.22. The van der Waals surface area contributed by atoms with Crippen molar-refractivity contribution in [2.75, 3.05) is 6.26 Å². The number of aryl methyl sites for hydroxylation is 1. The second-order valence-electron chi connectivity index (χ2n) is 6.02. The fourth-order valence-corrected chi connectivity index (χ4v) is 3.49. The summed E-state index contributed by atoms with van der Waals surface area (Å²) in [4.78, 5) is -0.451. The Labute approximate surface area is 154 Å². The standard InChI is InChI=1S/C19H14F2N2O3S/c1-11-3-4-13(7-14(11)10-22)19-18(16(9-20)26-23-19)12-5-6-17(15(21)8-12)27(2,24)25/h3-8H,9H2,1-2H3. The lowest BCUT2D eigenvalue weighted by Gasteiger charge is -2.07. The van der Waals surface area contributed by atoms with E-state index in [-0.39, 0.29) is 22.6 Å². The van der Waals surface area contributed by atoms with E-state index < -0.39 is 27.2 Å². The summed E-state index contributed by atoms with van der Waals surface area (Å²) in [5.41, 5.74) is 2.36. The lowest BCUT2D eigenvalue weighted by molar-refractivity contribution is 0.332. The van der Waals surface area contributed by atoms with Crippen molar-refractivity contribution in [1.82, 2.24) is 5.16 Å². The highest BCUT2D eigenvalue weighted by Crippen LogP contribution is 2.36. The summed E-state index contributed by atoms with van der Waals surface area (Å²) in [5.74, 6) is -1.07. The molecule has 5 nitrogen and oxygen atoms in total. The topological polar surface area (TPSA) is 84.0 Å². The van der Waals surface area contributed by atoms with Gasteiger partial charge in [-0.15, -0.1) is 0 Å². The molecule has 3 aromatic rings. The summed E-state index contributed by atoms with van der Waals surface area (Å²) in [6.07, 6.45) is 0.901. The van der Waals surface area contributed by atoms with Crippen LogP contribution in [-0.2, 0) is 16.5 Å². The number of benzene rings is 2. The first-order chi connectivity index (χ1) is 12.8. The Bertz CT molecular complexity index is 1180. The molecular formula is C19H14F2N2O3S. The highest BCUT2D eigenvalue weighted by molar-refractivity contribution is 7.90. The van der Waals surface area contributed by atoms with Crippen molar-refractivity contribution in [1.29, 1.82) is 5.26 Å². The third-order valence-corrected chi connectivity index (χ3v) is 5.27. The fraction of sp³-hybridized carbons (Fsp3) is 0.158. The maximum absolute atomic E-state index is 14.3. The maximum Gasteiger partial charge on any atom is 0.178 e. The molecule has 0 spiro atoms. The molecule has 138 valence electrons. The van der Waals surface area contributed by atoms with Crippen LogP contribution in [0.5, 0.6) is 0 Å². The van der Waals surface area contributed by atoms with Gasteiger partial charge in [-0.3, -0.25) is 0 Å². The van der Waals surface area contributed by atoms with Crippen molar-refractivity contribution in [3.8, 4) is 28.5 Å². The molecule has 27 heavy (non-hydrogen) atoms. The number of sulfone groups is 1. The third kappa shape index (κ3) is 3.46. The van der Waals surface area contributed by atoms with Gasteiger partial charge in [-0.1, -0.05) is 23.4 Å². The summed E-state index contributed by atoms with van der Waals surface area (Å²) in [6.45, 7) is 0.799. The minimum absolute atomic E-state index is 0.115. The number of alkyl halides is 1. The Kier molecular flexibility index (Phi) is 4.81. The summed E-state index contributed by atoms with van der Waals surface area (Å²) in [7, 11) is -3.73. The van der Waals surface area contributed by atoms with Gasteiger partial charge in [-0.2, -0.15) is 5.26 Å². The summed E-state index contributed by atoms with van der Waals surface area (Å²) in [6, 6.07) is 10.5. The smallest absolute Gasteiger partial charge is 0.178 e. The van der Waals surface area contributed by atoms with E-state index in [0.29, 0.717) is 11.1 Å². The lowest BCUT2D eigenvalue weighted by Crippen LogP contribution is -2.01. The first kappa shape index (κ1) is 18.7. The van der Waals surface area contributed by atoms with E-state index in [1.165, 1.54) is 6.07 Å². The zero-order valence-corrected chi connectivity index (χ0v) is 15.3. The van der Waals surface area contributed by atoms with Gasteiger partial charge in [-0.25, -0.2) is 17.2 Å². The molecular weight excluding hydrogens is 374 g/mol. The Hall–Kier alpha value is -3.05. The molecule has 0 fully saturated rings. The third-order valence-electron chi connectivity index (χ3n) is 4.14. The van der Waals surface area contributed by atoms with Crippen LogP contribution in [0.1, 0.15) is 16.9 Å². The van der Waals surface area contributed by atoms with Crippen LogP contribution < -0.4 is 0 Å². The molecule has 0 aliphatic rings. The van der Waals surface area contributed by atoms with E-state index in [1.54, 1.807) is 25.1 Å². The highest BCUT2D eigenvalue weighted by atomic mass is 32.2. The average Bonchev–Trinajstić information content (AvgIpc) is 3.05. The molecule has 0 saturated carbocycles. The largest absolute Gasteiger partial charge is 0.357 e. The molecule has 0 aliphatic heterocycles. The normalized spacial score (nSPS) is 11.4. The molecule has 1 aromatic heterocycles. The quantitative estimate of drug-likeness (QED) is 0.669. The van der Waals surface area contributed by atoms with Crippen molar-refractivity contribution in [3.05, 3.63) is 59.1 Å². The van der Waals surface area contributed by atoms with Gasteiger partial charge >= 0.3 is 0 Å². The molecule has 1 heterocycles. The molecule has 2 aromatic carbocycles. The van der Waals surface area contributed by atoms with Crippen LogP contribution >= 0.6 is 0 Å². The van der Waals surface area contributed by atoms with Gasteiger partial charge in [0.2, 0.25) is 0 Å². The van der Waals surface area contributed by atoms with Crippen molar-refractivity contribution >= 4 is 9.84 Å². The SMILES string of the molecule is Cc1ccc(-c2noc(CF)c2-c2ccc(S(C)(=O)=O)c(F)c2)cc1C#N. The number of aromatic nitrogens is 1. The zero-order chi connectivity index (χ0) is 19.8. The average molecular weight is 388 g/mol. The van der Waals surface area contributed by atoms with E-state index in [4.69, 9.17) is 4.52 Å². The van der Waals surface area contributed by atoms with Gasteiger partial charge < -0.3 is 4.52 Å². The number of nitriles is 1. The lowest BCUT2D eigenvalue weighted by atomic mass is 9.97. The molecule has 0 saturated heterocycles. The van der Waals surface area contributed by atoms with Gasteiger partial charge in [0, 0.05) is 11.8 Å². The molecule has 0 atom stereocenters. The van der Waals surface area contributed by atoms with Crippen molar-refractivity contribution in [3.63, 3.8) is 0 Å². The predicted octanol–water partition coefficient (Wildman–Crippen LogP) is 4.20. The predicted molar refractivity (Wildman–Crippen MR) is 94.7 cm³/mol. The van der Waals surface area contributed by atoms with Gasteiger partial charge in [0.25, 0.3) is 0 Å². The van der Waals surface area contributed by atoms with Crippen molar-refractivity contribution in [2.45, 2.75) is 18.5 Å². The Balaban J connectivity index is 2.22. The zero-order valence-electron chi connectivity index (χ0n) is 14.5.